The van der Waals surface area contributed by atoms with Gasteiger partial charge in [-0.15, -0.1) is 0 Å². The molecule has 1 aliphatic heterocycles. The van der Waals surface area contributed by atoms with Crippen LogP contribution >= 0.6 is 0 Å². The number of pyridine rings is 1. The zero-order chi connectivity index (χ0) is 18.7. The Morgan fingerprint density at radius 3 is 2.54 bits per heavy atom. The van der Waals surface area contributed by atoms with Crippen molar-refractivity contribution in [3.63, 3.8) is 0 Å². The van der Waals surface area contributed by atoms with Crippen molar-refractivity contribution in [3.8, 4) is 16.9 Å². The maximum Gasteiger partial charge on any atom is 0.416 e. The van der Waals surface area contributed by atoms with Crippen molar-refractivity contribution >= 4 is 26.6 Å². The van der Waals surface area contributed by atoms with Crippen molar-refractivity contribution in [1.29, 1.82) is 0 Å². The predicted molar refractivity (Wildman–Crippen MR) is 89.5 cm³/mol. The molecule has 0 amide bonds. The molecular formula is C17H11F3N2O3S. The molecule has 0 atom stereocenters. The summed E-state index contributed by atoms with van der Waals surface area (Å²) in [6, 6.07) is 7.38. The SMILES string of the molecule is COc1ccnc2c3c(ccc12)-c1cc(C(F)(F)F)ccc1S(=O)(=O)N3. The number of aromatic nitrogens is 1. The fourth-order valence-corrected chi connectivity index (χ4v) is 4.33. The minimum Gasteiger partial charge on any atom is -0.496 e. The van der Waals surface area contributed by atoms with Crippen molar-refractivity contribution in [2.75, 3.05) is 11.8 Å². The molecule has 0 saturated heterocycles. The van der Waals surface area contributed by atoms with Crippen LogP contribution in [-0.4, -0.2) is 20.5 Å². The molecule has 1 aromatic heterocycles. The van der Waals surface area contributed by atoms with E-state index in [-0.39, 0.29) is 16.1 Å². The summed E-state index contributed by atoms with van der Waals surface area (Å²) in [5.74, 6) is 0.479. The van der Waals surface area contributed by atoms with Crippen LogP contribution in [0.5, 0.6) is 5.75 Å². The molecule has 0 bridgehead atoms. The molecule has 0 spiro atoms. The molecular weight excluding hydrogens is 369 g/mol. The molecule has 0 saturated carbocycles. The summed E-state index contributed by atoms with van der Waals surface area (Å²) in [6.07, 6.45) is -3.14. The van der Waals surface area contributed by atoms with E-state index in [1.807, 2.05) is 0 Å². The number of hydrogen-bond acceptors (Lipinski definition) is 4. The Balaban J connectivity index is 2.09. The van der Waals surface area contributed by atoms with E-state index in [0.717, 1.165) is 18.2 Å². The topological polar surface area (TPSA) is 68.3 Å². The molecule has 3 aromatic rings. The number of alkyl halides is 3. The number of anilines is 1. The summed E-state index contributed by atoms with van der Waals surface area (Å²) in [4.78, 5) is 3.98. The number of methoxy groups -OCH3 is 1. The minimum absolute atomic E-state index is 0.0138. The summed E-state index contributed by atoms with van der Waals surface area (Å²) in [5.41, 5.74) is -0.172. The predicted octanol–water partition coefficient (Wildman–Crippen LogP) is 4.04. The molecule has 5 nitrogen and oxygen atoms in total. The van der Waals surface area contributed by atoms with E-state index < -0.39 is 21.8 Å². The number of nitrogens with zero attached hydrogens (tertiary/aromatic N) is 1. The van der Waals surface area contributed by atoms with Gasteiger partial charge in [0.05, 0.1) is 28.8 Å². The second-order valence-corrected chi connectivity index (χ2v) is 7.36. The number of hydrogen-bond donors (Lipinski definition) is 1. The number of halogens is 3. The van der Waals surface area contributed by atoms with Gasteiger partial charge in [-0.05, 0) is 30.3 Å². The highest BCUT2D eigenvalue weighted by Gasteiger charge is 2.35. The minimum atomic E-state index is -4.58. The largest absolute Gasteiger partial charge is 0.496 e. The molecule has 0 radical (unpaired) electrons. The maximum absolute atomic E-state index is 13.1. The van der Waals surface area contributed by atoms with E-state index in [0.29, 0.717) is 22.2 Å². The van der Waals surface area contributed by atoms with Gasteiger partial charge in [0.15, 0.2) is 0 Å². The fraction of sp³-hybridized carbons (Fsp3) is 0.118. The zero-order valence-corrected chi connectivity index (χ0v) is 14.1. The molecule has 0 aliphatic carbocycles. The highest BCUT2D eigenvalue weighted by atomic mass is 32.2. The van der Waals surface area contributed by atoms with E-state index in [4.69, 9.17) is 4.74 Å². The van der Waals surface area contributed by atoms with Crippen LogP contribution in [0.1, 0.15) is 5.56 Å². The number of rotatable bonds is 1. The van der Waals surface area contributed by atoms with Crippen molar-refractivity contribution in [2.24, 2.45) is 0 Å². The lowest BCUT2D eigenvalue weighted by molar-refractivity contribution is -0.137. The highest BCUT2D eigenvalue weighted by molar-refractivity contribution is 7.93. The molecule has 9 heteroatoms. The van der Waals surface area contributed by atoms with Gasteiger partial charge in [-0.25, -0.2) is 8.42 Å². The first-order chi connectivity index (χ1) is 12.2. The first kappa shape index (κ1) is 16.6. The van der Waals surface area contributed by atoms with Gasteiger partial charge in [0, 0.05) is 22.7 Å². The van der Waals surface area contributed by atoms with Crippen molar-refractivity contribution in [1.82, 2.24) is 4.98 Å². The number of ether oxygens (including phenoxy) is 1. The van der Waals surface area contributed by atoms with Crippen LogP contribution < -0.4 is 9.46 Å². The molecule has 0 unspecified atom stereocenters. The van der Waals surface area contributed by atoms with Crippen molar-refractivity contribution in [3.05, 3.63) is 48.2 Å². The smallest absolute Gasteiger partial charge is 0.416 e. The first-order valence-electron chi connectivity index (χ1n) is 7.42. The van der Waals surface area contributed by atoms with Gasteiger partial charge in [0.25, 0.3) is 10.0 Å². The second-order valence-electron chi connectivity index (χ2n) is 5.71. The Labute approximate surface area is 146 Å². The van der Waals surface area contributed by atoms with Crippen LogP contribution in [0.4, 0.5) is 18.9 Å². The van der Waals surface area contributed by atoms with E-state index in [9.17, 15) is 21.6 Å². The summed E-state index contributed by atoms with van der Waals surface area (Å²) in [7, 11) is -2.57. The Hall–Kier alpha value is -2.81. The van der Waals surface area contributed by atoms with Gasteiger partial charge in [-0.2, -0.15) is 13.2 Å². The number of benzene rings is 2. The van der Waals surface area contributed by atoms with Crippen LogP contribution in [0, 0.1) is 0 Å². The van der Waals surface area contributed by atoms with Gasteiger partial charge < -0.3 is 4.74 Å². The highest BCUT2D eigenvalue weighted by Crippen LogP contribution is 2.45. The Morgan fingerprint density at radius 1 is 1.08 bits per heavy atom. The molecule has 26 heavy (non-hydrogen) atoms. The lowest BCUT2D eigenvalue weighted by Crippen LogP contribution is -2.20. The van der Waals surface area contributed by atoms with Crippen LogP contribution in [0.3, 0.4) is 0 Å². The summed E-state index contributed by atoms with van der Waals surface area (Å²) in [5, 5.41) is 0.548. The van der Waals surface area contributed by atoms with Crippen LogP contribution in [0.15, 0.2) is 47.5 Å². The lowest BCUT2D eigenvalue weighted by Gasteiger charge is -2.24. The average Bonchev–Trinajstić information content (AvgIpc) is 2.59. The van der Waals surface area contributed by atoms with Crippen LogP contribution in [-0.2, 0) is 16.2 Å². The van der Waals surface area contributed by atoms with Gasteiger partial charge in [0.1, 0.15) is 5.75 Å². The van der Waals surface area contributed by atoms with Gasteiger partial charge in [0.2, 0.25) is 0 Å². The number of nitrogens with one attached hydrogen (secondary N) is 1. The molecule has 0 fully saturated rings. The standard InChI is InChI=1S/C17H11F3N2O3S/c1-25-13-6-7-21-15-11(13)4-3-10-12-8-9(17(18,19)20)2-5-14(12)26(23,24)22-16(10)15/h2-8,22H,1H3. The third-order valence-electron chi connectivity index (χ3n) is 4.22. The van der Waals surface area contributed by atoms with Gasteiger partial charge in [-0.3, -0.25) is 9.71 Å². The molecule has 4 rings (SSSR count). The third-order valence-corrected chi connectivity index (χ3v) is 5.62. The average molecular weight is 380 g/mol. The quantitative estimate of drug-likeness (QED) is 0.692. The molecule has 1 aliphatic rings. The van der Waals surface area contributed by atoms with Crippen LogP contribution in [0.25, 0.3) is 22.0 Å². The summed E-state index contributed by atoms with van der Waals surface area (Å²) < 4.78 is 72.0. The molecule has 134 valence electrons. The molecule has 2 heterocycles. The normalized spacial score (nSPS) is 15.1. The molecule has 1 N–H and O–H groups in total. The monoisotopic (exact) mass is 380 g/mol. The van der Waals surface area contributed by atoms with Gasteiger partial charge in [-0.1, -0.05) is 6.07 Å². The zero-order valence-electron chi connectivity index (χ0n) is 13.3. The Morgan fingerprint density at radius 2 is 1.85 bits per heavy atom. The Kier molecular flexibility index (Phi) is 3.42. The second kappa shape index (κ2) is 5.34. The summed E-state index contributed by atoms with van der Waals surface area (Å²) in [6.45, 7) is 0. The summed E-state index contributed by atoms with van der Waals surface area (Å²) >= 11 is 0. The van der Waals surface area contributed by atoms with Gasteiger partial charge >= 0.3 is 6.18 Å². The van der Waals surface area contributed by atoms with Crippen molar-refractivity contribution < 1.29 is 26.3 Å². The van der Waals surface area contributed by atoms with E-state index in [2.05, 4.69) is 9.71 Å². The number of fused-ring (bicyclic) bond motifs is 5. The van der Waals surface area contributed by atoms with E-state index >= 15 is 0 Å². The van der Waals surface area contributed by atoms with E-state index in [1.165, 1.54) is 13.3 Å². The number of sulfonamides is 1. The first-order valence-corrected chi connectivity index (χ1v) is 8.91. The third kappa shape index (κ3) is 2.38. The maximum atomic E-state index is 13.1. The Bertz CT molecular complexity index is 1160. The van der Waals surface area contributed by atoms with Crippen LogP contribution in [0.2, 0.25) is 0 Å². The van der Waals surface area contributed by atoms with Crippen molar-refractivity contribution in [2.45, 2.75) is 11.1 Å². The molecule has 2 aromatic carbocycles. The lowest BCUT2D eigenvalue weighted by atomic mass is 9.98. The van der Waals surface area contributed by atoms with E-state index in [1.54, 1.807) is 18.2 Å². The fourth-order valence-electron chi connectivity index (χ4n) is 3.04.